The number of benzene rings is 2. The Bertz CT molecular complexity index is 1050. The molecule has 0 atom stereocenters. The summed E-state index contributed by atoms with van der Waals surface area (Å²) in [5.41, 5.74) is 2.64. The van der Waals surface area contributed by atoms with Crippen LogP contribution in [0.25, 0.3) is 11.4 Å². The van der Waals surface area contributed by atoms with Crippen molar-refractivity contribution < 1.29 is 14.3 Å². The number of nitrogens with one attached hydrogen (secondary N) is 1. The highest BCUT2D eigenvalue weighted by Crippen LogP contribution is 2.36. The first-order valence-electron chi connectivity index (χ1n) is 9.31. The van der Waals surface area contributed by atoms with E-state index in [4.69, 9.17) is 21.1 Å². The number of halogens is 1. The molecular formula is C21H23ClN4O3S. The Labute approximate surface area is 184 Å². The summed E-state index contributed by atoms with van der Waals surface area (Å²) in [6.07, 6.45) is 0. The van der Waals surface area contributed by atoms with Crippen molar-refractivity contribution in [3.05, 3.63) is 47.0 Å². The third-order valence-corrected chi connectivity index (χ3v) is 5.65. The van der Waals surface area contributed by atoms with Crippen LogP contribution in [0.5, 0.6) is 11.5 Å². The van der Waals surface area contributed by atoms with Crippen LogP contribution in [0.2, 0.25) is 5.02 Å². The topological polar surface area (TPSA) is 78.3 Å². The predicted molar refractivity (Wildman–Crippen MR) is 120 cm³/mol. The number of methoxy groups -OCH3 is 2. The number of rotatable bonds is 8. The average molecular weight is 447 g/mol. The number of aromatic nitrogens is 3. The molecule has 0 spiro atoms. The molecule has 1 amide bonds. The van der Waals surface area contributed by atoms with Crippen LogP contribution >= 0.6 is 23.4 Å². The van der Waals surface area contributed by atoms with Crippen LogP contribution in [0, 0.1) is 6.92 Å². The van der Waals surface area contributed by atoms with Crippen molar-refractivity contribution in [2.45, 2.75) is 25.5 Å². The number of carbonyl (C=O) groups excluding carboxylic acids is 1. The van der Waals surface area contributed by atoms with Crippen molar-refractivity contribution in [1.82, 2.24) is 14.8 Å². The quantitative estimate of drug-likeness (QED) is 0.506. The number of ether oxygens (including phenoxy) is 2. The lowest BCUT2D eigenvalue weighted by molar-refractivity contribution is -0.113. The normalized spacial score (nSPS) is 10.7. The molecule has 3 rings (SSSR count). The minimum atomic E-state index is -0.203. The molecule has 0 fully saturated rings. The molecule has 0 saturated carbocycles. The number of hydrogen-bond donors (Lipinski definition) is 1. The Morgan fingerprint density at radius 3 is 2.60 bits per heavy atom. The Morgan fingerprint density at radius 2 is 1.93 bits per heavy atom. The summed E-state index contributed by atoms with van der Waals surface area (Å²) >= 11 is 7.44. The van der Waals surface area contributed by atoms with Gasteiger partial charge in [0.25, 0.3) is 0 Å². The zero-order valence-corrected chi connectivity index (χ0v) is 18.8. The maximum absolute atomic E-state index is 12.5. The molecule has 9 heteroatoms. The van der Waals surface area contributed by atoms with E-state index in [2.05, 4.69) is 21.6 Å². The molecule has 0 radical (unpaired) electrons. The van der Waals surface area contributed by atoms with Crippen molar-refractivity contribution in [2.75, 3.05) is 25.3 Å². The van der Waals surface area contributed by atoms with Gasteiger partial charge in [0, 0.05) is 24.2 Å². The van der Waals surface area contributed by atoms with Gasteiger partial charge in [-0.05, 0) is 19.9 Å². The van der Waals surface area contributed by atoms with Crippen LogP contribution in [-0.2, 0) is 11.3 Å². The van der Waals surface area contributed by atoms with Gasteiger partial charge in [0.2, 0.25) is 5.91 Å². The summed E-state index contributed by atoms with van der Waals surface area (Å²) in [7, 11) is 3.03. The maximum Gasteiger partial charge on any atom is 0.234 e. The van der Waals surface area contributed by atoms with Crippen LogP contribution in [0.3, 0.4) is 0 Å². The second-order valence-corrected chi connectivity index (χ2v) is 7.79. The monoisotopic (exact) mass is 446 g/mol. The zero-order valence-electron chi connectivity index (χ0n) is 17.2. The van der Waals surface area contributed by atoms with Crippen LogP contribution in [0.4, 0.5) is 5.69 Å². The maximum atomic E-state index is 12.5. The largest absolute Gasteiger partial charge is 0.495 e. The highest BCUT2D eigenvalue weighted by molar-refractivity contribution is 7.99. The number of nitrogens with zero attached hydrogens (tertiary/aromatic N) is 3. The number of carbonyl (C=O) groups is 1. The van der Waals surface area contributed by atoms with E-state index in [-0.39, 0.29) is 11.7 Å². The number of amides is 1. The predicted octanol–water partition coefficient (Wildman–Crippen LogP) is 4.67. The molecule has 158 valence electrons. The second kappa shape index (κ2) is 9.86. The molecule has 30 heavy (non-hydrogen) atoms. The van der Waals surface area contributed by atoms with Crippen LogP contribution in [0.1, 0.15) is 12.5 Å². The Hall–Kier alpha value is -2.71. The van der Waals surface area contributed by atoms with Crippen LogP contribution in [0.15, 0.2) is 41.6 Å². The first kappa shape index (κ1) is 22.0. The molecule has 0 bridgehead atoms. The molecule has 2 aromatic carbocycles. The molecule has 1 aromatic heterocycles. The lowest BCUT2D eigenvalue weighted by Gasteiger charge is -2.13. The Kier molecular flexibility index (Phi) is 7.23. The van der Waals surface area contributed by atoms with Gasteiger partial charge in [-0.15, -0.1) is 10.2 Å². The summed E-state index contributed by atoms with van der Waals surface area (Å²) < 4.78 is 12.5. The zero-order chi connectivity index (χ0) is 21.7. The SMILES string of the molecule is CCn1c(SCC(=O)Nc2cc(OC)c(Cl)cc2OC)nnc1-c1cccc(C)c1. The summed E-state index contributed by atoms with van der Waals surface area (Å²) in [5.74, 6) is 1.66. The fourth-order valence-electron chi connectivity index (χ4n) is 2.95. The van der Waals surface area contributed by atoms with Gasteiger partial charge in [-0.1, -0.05) is 47.1 Å². The van der Waals surface area contributed by atoms with Crippen molar-refractivity contribution in [3.63, 3.8) is 0 Å². The molecule has 0 aliphatic rings. The first-order chi connectivity index (χ1) is 14.5. The van der Waals surface area contributed by atoms with Gasteiger partial charge in [-0.25, -0.2) is 0 Å². The van der Waals surface area contributed by atoms with Gasteiger partial charge in [0.15, 0.2) is 11.0 Å². The van der Waals surface area contributed by atoms with E-state index in [9.17, 15) is 4.79 Å². The van der Waals surface area contributed by atoms with Crippen molar-refractivity contribution in [2.24, 2.45) is 0 Å². The summed E-state index contributed by atoms with van der Waals surface area (Å²) in [5, 5.41) is 12.5. The van der Waals surface area contributed by atoms with E-state index in [1.54, 1.807) is 12.1 Å². The molecule has 0 aliphatic carbocycles. The van der Waals surface area contributed by atoms with Crippen molar-refractivity contribution >= 4 is 35.0 Å². The van der Waals surface area contributed by atoms with Crippen LogP contribution in [-0.4, -0.2) is 40.6 Å². The van der Waals surface area contributed by atoms with E-state index < -0.39 is 0 Å². The fourth-order valence-corrected chi connectivity index (χ4v) is 3.99. The number of aryl methyl sites for hydroxylation is 1. The molecule has 1 heterocycles. The minimum absolute atomic E-state index is 0.167. The number of anilines is 1. The minimum Gasteiger partial charge on any atom is -0.495 e. The van der Waals surface area contributed by atoms with Gasteiger partial charge in [0.1, 0.15) is 11.5 Å². The molecule has 1 N–H and O–H groups in total. The third kappa shape index (κ3) is 4.88. The van der Waals surface area contributed by atoms with E-state index in [0.717, 1.165) is 17.0 Å². The van der Waals surface area contributed by atoms with Gasteiger partial charge >= 0.3 is 0 Å². The third-order valence-electron chi connectivity index (χ3n) is 4.39. The second-order valence-electron chi connectivity index (χ2n) is 6.44. The van der Waals surface area contributed by atoms with E-state index in [0.29, 0.717) is 33.9 Å². The number of thioether (sulfide) groups is 1. The summed E-state index contributed by atoms with van der Waals surface area (Å²) in [4.78, 5) is 12.5. The van der Waals surface area contributed by atoms with Crippen molar-refractivity contribution in [1.29, 1.82) is 0 Å². The molecule has 0 unspecified atom stereocenters. The first-order valence-corrected chi connectivity index (χ1v) is 10.7. The lowest BCUT2D eigenvalue weighted by Crippen LogP contribution is -2.15. The summed E-state index contributed by atoms with van der Waals surface area (Å²) in [6.45, 7) is 4.76. The Balaban J connectivity index is 1.73. The standard InChI is InChI=1S/C21H23ClN4O3S/c1-5-26-20(14-8-6-7-13(2)9-14)24-25-21(26)30-12-19(27)23-16-11-17(28-3)15(22)10-18(16)29-4/h6-11H,5,12H2,1-4H3,(H,23,27). The summed E-state index contributed by atoms with van der Waals surface area (Å²) in [6, 6.07) is 11.3. The highest BCUT2D eigenvalue weighted by atomic mass is 35.5. The Morgan fingerprint density at radius 1 is 1.17 bits per heavy atom. The van der Waals surface area contributed by atoms with Crippen LogP contribution < -0.4 is 14.8 Å². The molecule has 0 aliphatic heterocycles. The van der Waals surface area contributed by atoms with Gasteiger partial charge in [-0.3, -0.25) is 4.79 Å². The molecular weight excluding hydrogens is 424 g/mol. The molecule has 3 aromatic rings. The van der Waals surface area contributed by atoms with E-state index in [1.807, 2.05) is 36.6 Å². The van der Waals surface area contributed by atoms with Gasteiger partial charge in [-0.2, -0.15) is 0 Å². The number of hydrogen-bond acceptors (Lipinski definition) is 6. The lowest BCUT2D eigenvalue weighted by atomic mass is 10.1. The van der Waals surface area contributed by atoms with Crippen molar-refractivity contribution in [3.8, 4) is 22.9 Å². The smallest absolute Gasteiger partial charge is 0.234 e. The fraction of sp³-hybridized carbons (Fsp3) is 0.286. The average Bonchev–Trinajstić information content (AvgIpc) is 3.16. The molecule has 7 nitrogen and oxygen atoms in total. The molecule has 0 saturated heterocycles. The van der Waals surface area contributed by atoms with Gasteiger partial charge in [0.05, 0.1) is 30.7 Å². The van der Waals surface area contributed by atoms with E-state index in [1.165, 1.54) is 26.0 Å². The van der Waals surface area contributed by atoms with Gasteiger partial charge < -0.3 is 19.4 Å². The van der Waals surface area contributed by atoms with E-state index >= 15 is 0 Å². The highest BCUT2D eigenvalue weighted by Gasteiger charge is 2.16.